The van der Waals surface area contributed by atoms with Gasteiger partial charge in [0.2, 0.25) is 5.91 Å². The molecule has 2 aliphatic heterocycles. The number of rotatable bonds is 2. The maximum absolute atomic E-state index is 12.6. The minimum atomic E-state index is -0.0510. The van der Waals surface area contributed by atoms with E-state index in [1.807, 2.05) is 24.0 Å². The van der Waals surface area contributed by atoms with Gasteiger partial charge < -0.3 is 4.90 Å². The first-order chi connectivity index (χ1) is 10.6. The molecule has 1 amide bonds. The van der Waals surface area contributed by atoms with E-state index in [1.165, 1.54) is 5.56 Å². The second kappa shape index (κ2) is 7.09. The largest absolute Gasteiger partial charge is 0.342 e. The summed E-state index contributed by atoms with van der Waals surface area (Å²) in [6, 6.07) is 8.24. The molecule has 0 aromatic heterocycles. The first kappa shape index (κ1) is 15.9. The van der Waals surface area contributed by atoms with Crippen LogP contribution in [-0.2, 0) is 10.5 Å². The zero-order valence-corrected chi connectivity index (χ0v) is 14.8. The van der Waals surface area contributed by atoms with Crippen LogP contribution in [0.2, 0.25) is 0 Å². The summed E-state index contributed by atoms with van der Waals surface area (Å²) in [7, 11) is 0. The number of para-hydroxylation sites is 1. The van der Waals surface area contributed by atoms with Crippen LogP contribution >= 0.6 is 23.5 Å². The van der Waals surface area contributed by atoms with Gasteiger partial charge in [-0.15, -0.1) is 0 Å². The lowest BCUT2D eigenvalue weighted by molar-refractivity contribution is -0.131. The van der Waals surface area contributed by atoms with Gasteiger partial charge in [-0.3, -0.25) is 4.79 Å². The Balaban J connectivity index is 1.61. The van der Waals surface area contributed by atoms with Gasteiger partial charge in [0.1, 0.15) is 4.38 Å². The summed E-state index contributed by atoms with van der Waals surface area (Å²) < 4.78 is 1.02. The Morgan fingerprint density at radius 3 is 2.86 bits per heavy atom. The number of nitrogens with zero attached hydrogens (tertiary/aromatic N) is 2. The molecule has 0 bridgehead atoms. The number of piperidine rings is 1. The molecule has 2 heterocycles. The first-order valence-electron chi connectivity index (χ1n) is 7.88. The van der Waals surface area contributed by atoms with Crippen LogP contribution < -0.4 is 0 Å². The number of likely N-dealkylation sites (tertiary alicyclic amines) is 1. The standard InChI is InChI=1S/C17H22N2OS2/c1-12-7-9-19(10-8-12)16(20)13(2)22-17-18-15-6-4-3-5-14(15)11-21-17/h3-6,12-13H,7-11H2,1-2H3. The van der Waals surface area contributed by atoms with Crippen molar-refractivity contribution in [3.8, 4) is 0 Å². The third-order valence-corrected chi connectivity index (χ3v) is 6.56. The molecule has 0 aliphatic carbocycles. The summed E-state index contributed by atoms with van der Waals surface area (Å²) >= 11 is 3.35. The van der Waals surface area contributed by atoms with Gasteiger partial charge in [0, 0.05) is 18.8 Å². The number of carbonyl (C=O) groups excluding carboxylic acids is 1. The first-order valence-corrected chi connectivity index (χ1v) is 9.75. The molecule has 0 spiro atoms. The maximum Gasteiger partial charge on any atom is 0.235 e. The average molecular weight is 335 g/mol. The van der Waals surface area contributed by atoms with E-state index in [0.717, 1.165) is 47.7 Å². The highest BCUT2D eigenvalue weighted by molar-refractivity contribution is 8.39. The molecular weight excluding hydrogens is 312 g/mol. The molecule has 1 aromatic rings. The van der Waals surface area contributed by atoms with Crippen molar-refractivity contribution in [1.82, 2.24) is 4.90 Å². The van der Waals surface area contributed by atoms with Crippen LogP contribution in [0, 0.1) is 5.92 Å². The van der Waals surface area contributed by atoms with Crippen molar-refractivity contribution in [1.29, 1.82) is 0 Å². The van der Waals surface area contributed by atoms with Crippen LogP contribution in [0.4, 0.5) is 5.69 Å². The molecule has 22 heavy (non-hydrogen) atoms. The summed E-state index contributed by atoms with van der Waals surface area (Å²) in [6.45, 7) is 6.10. The van der Waals surface area contributed by atoms with Gasteiger partial charge in [0.05, 0.1) is 10.9 Å². The Hall–Kier alpha value is -0.940. The van der Waals surface area contributed by atoms with E-state index in [9.17, 15) is 4.79 Å². The summed E-state index contributed by atoms with van der Waals surface area (Å²) in [6.07, 6.45) is 2.26. The smallest absolute Gasteiger partial charge is 0.235 e. The Morgan fingerprint density at radius 2 is 2.09 bits per heavy atom. The number of fused-ring (bicyclic) bond motifs is 1. The summed E-state index contributed by atoms with van der Waals surface area (Å²) in [5.74, 6) is 1.96. The van der Waals surface area contributed by atoms with Gasteiger partial charge in [0.15, 0.2) is 0 Å². The molecule has 0 saturated carbocycles. The minimum Gasteiger partial charge on any atom is -0.342 e. The predicted octanol–water partition coefficient (Wildman–Crippen LogP) is 4.30. The topological polar surface area (TPSA) is 32.7 Å². The average Bonchev–Trinajstić information content (AvgIpc) is 2.55. The van der Waals surface area contributed by atoms with Crippen molar-refractivity contribution < 1.29 is 4.79 Å². The van der Waals surface area contributed by atoms with Crippen LogP contribution in [0.25, 0.3) is 0 Å². The number of hydrogen-bond acceptors (Lipinski definition) is 4. The van der Waals surface area contributed by atoms with Crippen LogP contribution in [0.15, 0.2) is 29.3 Å². The number of thioether (sulfide) groups is 2. The number of carbonyl (C=O) groups is 1. The fourth-order valence-electron chi connectivity index (χ4n) is 2.76. The van der Waals surface area contributed by atoms with E-state index in [4.69, 9.17) is 4.99 Å². The van der Waals surface area contributed by atoms with Crippen LogP contribution in [0.1, 0.15) is 32.3 Å². The van der Waals surface area contributed by atoms with Crippen molar-refractivity contribution in [2.75, 3.05) is 13.1 Å². The van der Waals surface area contributed by atoms with Gasteiger partial charge in [-0.2, -0.15) is 0 Å². The van der Waals surface area contributed by atoms with E-state index >= 15 is 0 Å². The van der Waals surface area contributed by atoms with Crippen LogP contribution in [0.5, 0.6) is 0 Å². The second-order valence-electron chi connectivity index (χ2n) is 6.06. The van der Waals surface area contributed by atoms with Gasteiger partial charge in [-0.1, -0.05) is 48.6 Å². The fourth-order valence-corrected chi connectivity index (χ4v) is 5.03. The van der Waals surface area contributed by atoms with Gasteiger partial charge in [-0.25, -0.2) is 4.99 Å². The molecule has 3 rings (SSSR count). The van der Waals surface area contributed by atoms with E-state index in [-0.39, 0.29) is 11.2 Å². The zero-order valence-electron chi connectivity index (χ0n) is 13.1. The highest BCUT2D eigenvalue weighted by Crippen LogP contribution is 2.36. The SMILES string of the molecule is CC1CCN(C(=O)C(C)SC2=Nc3ccccc3CS2)CC1. The molecule has 0 radical (unpaired) electrons. The van der Waals surface area contributed by atoms with Gasteiger partial charge in [0.25, 0.3) is 0 Å². The predicted molar refractivity (Wildman–Crippen MR) is 96.9 cm³/mol. The molecule has 1 atom stereocenters. The molecule has 1 unspecified atom stereocenters. The number of benzene rings is 1. The molecule has 1 saturated heterocycles. The Bertz CT molecular complexity index is 580. The minimum absolute atomic E-state index is 0.0510. The van der Waals surface area contributed by atoms with Gasteiger partial charge >= 0.3 is 0 Å². The molecule has 0 N–H and O–H groups in total. The molecule has 2 aliphatic rings. The highest BCUT2D eigenvalue weighted by atomic mass is 32.2. The number of hydrogen-bond donors (Lipinski definition) is 0. The molecule has 118 valence electrons. The highest BCUT2D eigenvalue weighted by Gasteiger charge is 2.26. The molecule has 1 fully saturated rings. The Labute approximate surface area is 140 Å². The van der Waals surface area contributed by atoms with E-state index < -0.39 is 0 Å². The number of amides is 1. The van der Waals surface area contributed by atoms with E-state index in [1.54, 1.807) is 23.5 Å². The van der Waals surface area contributed by atoms with Crippen LogP contribution in [-0.4, -0.2) is 33.5 Å². The number of aliphatic imine (C=N–C) groups is 1. The Kier molecular flexibility index (Phi) is 5.14. The monoisotopic (exact) mass is 334 g/mol. The lowest BCUT2D eigenvalue weighted by Crippen LogP contribution is -2.42. The summed E-state index contributed by atoms with van der Waals surface area (Å²) in [4.78, 5) is 19.3. The molecule has 3 nitrogen and oxygen atoms in total. The lowest BCUT2D eigenvalue weighted by atomic mass is 9.99. The fraction of sp³-hybridized carbons (Fsp3) is 0.529. The summed E-state index contributed by atoms with van der Waals surface area (Å²) in [5, 5.41) is -0.0510. The van der Waals surface area contributed by atoms with Crippen molar-refractivity contribution >= 4 is 39.5 Å². The zero-order chi connectivity index (χ0) is 15.5. The maximum atomic E-state index is 12.6. The quantitative estimate of drug-likeness (QED) is 0.808. The van der Waals surface area contributed by atoms with Crippen molar-refractivity contribution in [2.24, 2.45) is 10.9 Å². The lowest BCUT2D eigenvalue weighted by Gasteiger charge is -2.32. The van der Waals surface area contributed by atoms with E-state index in [0.29, 0.717) is 0 Å². The second-order valence-corrected chi connectivity index (χ2v) is 8.61. The van der Waals surface area contributed by atoms with Crippen molar-refractivity contribution in [3.63, 3.8) is 0 Å². The van der Waals surface area contributed by atoms with Crippen LogP contribution in [0.3, 0.4) is 0 Å². The third kappa shape index (κ3) is 3.69. The van der Waals surface area contributed by atoms with Crippen molar-refractivity contribution in [2.45, 2.75) is 37.7 Å². The normalized spacial score (nSPS) is 20.3. The molecule has 1 aromatic carbocycles. The van der Waals surface area contributed by atoms with Gasteiger partial charge in [-0.05, 0) is 37.3 Å². The van der Waals surface area contributed by atoms with E-state index in [2.05, 4.69) is 19.1 Å². The summed E-state index contributed by atoms with van der Waals surface area (Å²) in [5.41, 5.74) is 2.33. The third-order valence-electron chi connectivity index (χ3n) is 4.28. The van der Waals surface area contributed by atoms with Crippen molar-refractivity contribution in [3.05, 3.63) is 29.8 Å². The molecule has 5 heteroatoms. The Morgan fingerprint density at radius 1 is 1.36 bits per heavy atom. The molecular formula is C17H22N2OS2.